The summed E-state index contributed by atoms with van der Waals surface area (Å²) in [4.78, 5) is 25.5. The number of rotatable bonds is 3. The first-order chi connectivity index (χ1) is 13.2. The predicted octanol–water partition coefficient (Wildman–Crippen LogP) is 3.76. The summed E-state index contributed by atoms with van der Waals surface area (Å²) in [5.41, 5.74) is 2.60. The Bertz CT molecular complexity index is 940. The monoisotopic (exact) mass is 378 g/mol. The SMILES string of the molecule is O=C(c1cccc(Cl)c1)N1CCN(c2cc(-c3ccccc3)ncn2)CC1. The van der Waals surface area contributed by atoms with Crippen LogP contribution in [0.25, 0.3) is 11.3 Å². The maximum Gasteiger partial charge on any atom is 0.254 e. The summed E-state index contributed by atoms with van der Waals surface area (Å²) in [7, 11) is 0. The van der Waals surface area contributed by atoms with Crippen molar-refractivity contribution >= 4 is 23.3 Å². The van der Waals surface area contributed by atoms with Gasteiger partial charge in [-0.2, -0.15) is 0 Å². The number of hydrogen-bond donors (Lipinski definition) is 0. The third kappa shape index (κ3) is 3.93. The van der Waals surface area contributed by atoms with Gasteiger partial charge in [-0.3, -0.25) is 4.79 Å². The molecule has 1 fully saturated rings. The Morgan fingerprint density at radius 3 is 2.41 bits per heavy atom. The van der Waals surface area contributed by atoms with Gasteiger partial charge < -0.3 is 9.80 Å². The molecule has 5 nitrogen and oxygen atoms in total. The van der Waals surface area contributed by atoms with Crippen LogP contribution in [0.2, 0.25) is 5.02 Å². The van der Waals surface area contributed by atoms with Crippen molar-refractivity contribution in [3.8, 4) is 11.3 Å². The summed E-state index contributed by atoms with van der Waals surface area (Å²) >= 11 is 6.00. The number of hydrogen-bond acceptors (Lipinski definition) is 4. The minimum absolute atomic E-state index is 0.0183. The maximum absolute atomic E-state index is 12.7. The van der Waals surface area contributed by atoms with Gasteiger partial charge in [0.05, 0.1) is 5.69 Å². The van der Waals surface area contributed by atoms with Gasteiger partial charge in [0.2, 0.25) is 0 Å². The Kier molecular flexibility index (Phi) is 5.03. The number of piperazine rings is 1. The Morgan fingerprint density at radius 2 is 1.67 bits per heavy atom. The lowest BCUT2D eigenvalue weighted by atomic mass is 10.1. The van der Waals surface area contributed by atoms with Crippen LogP contribution in [0.1, 0.15) is 10.4 Å². The summed E-state index contributed by atoms with van der Waals surface area (Å²) in [6.07, 6.45) is 1.60. The molecule has 3 aromatic rings. The predicted molar refractivity (Wildman–Crippen MR) is 107 cm³/mol. The Morgan fingerprint density at radius 1 is 0.889 bits per heavy atom. The van der Waals surface area contributed by atoms with Crippen molar-refractivity contribution in [1.29, 1.82) is 0 Å². The average Bonchev–Trinajstić information content (AvgIpc) is 2.74. The zero-order valence-corrected chi connectivity index (χ0v) is 15.5. The van der Waals surface area contributed by atoms with E-state index in [-0.39, 0.29) is 5.91 Å². The molecule has 1 saturated heterocycles. The molecule has 0 radical (unpaired) electrons. The molecule has 0 saturated carbocycles. The molecule has 27 heavy (non-hydrogen) atoms. The van der Waals surface area contributed by atoms with E-state index in [0.29, 0.717) is 23.7 Å². The fourth-order valence-electron chi connectivity index (χ4n) is 3.23. The molecule has 0 atom stereocenters. The van der Waals surface area contributed by atoms with Gasteiger partial charge in [-0.05, 0) is 18.2 Å². The second kappa shape index (κ2) is 7.76. The Labute approximate surface area is 163 Å². The number of halogens is 1. The fraction of sp³-hybridized carbons (Fsp3) is 0.190. The van der Waals surface area contributed by atoms with E-state index in [9.17, 15) is 4.79 Å². The first-order valence-electron chi connectivity index (χ1n) is 8.88. The molecule has 6 heteroatoms. The van der Waals surface area contributed by atoms with Crippen LogP contribution < -0.4 is 4.90 Å². The lowest BCUT2D eigenvalue weighted by molar-refractivity contribution is 0.0746. The lowest BCUT2D eigenvalue weighted by Crippen LogP contribution is -2.49. The van der Waals surface area contributed by atoms with E-state index in [2.05, 4.69) is 14.9 Å². The van der Waals surface area contributed by atoms with Gasteiger partial charge in [-0.1, -0.05) is 48.0 Å². The number of anilines is 1. The summed E-state index contributed by atoms with van der Waals surface area (Å²) in [5.74, 6) is 0.906. The summed E-state index contributed by atoms with van der Waals surface area (Å²) in [6, 6.07) is 19.2. The van der Waals surface area contributed by atoms with Crippen molar-refractivity contribution in [3.05, 3.63) is 77.6 Å². The largest absolute Gasteiger partial charge is 0.353 e. The van der Waals surface area contributed by atoms with Crippen molar-refractivity contribution in [2.45, 2.75) is 0 Å². The first kappa shape index (κ1) is 17.5. The highest BCUT2D eigenvalue weighted by atomic mass is 35.5. The smallest absolute Gasteiger partial charge is 0.254 e. The van der Waals surface area contributed by atoms with Gasteiger partial charge in [0, 0.05) is 48.4 Å². The van der Waals surface area contributed by atoms with Gasteiger partial charge in [0.1, 0.15) is 12.1 Å². The van der Waals surface area contributed by atoms with E-state index in [4.69, 9.17) is 11.6 Å². The molecule has 0 unspecified atom stereocenters. The van der Waals surface area contributed by atoms with E-state index in [1.54, 1.807) is 30.6 Å². The van der Waals surface area contributed by atoms with Crippen LogP contribution >= 0.6 is 11.6 Å². The summed E-state index contributed by atoms with van der Waals surface area (Å²) in [6.45, 7) is 2.77. The minimum atomic E-state index is 0.0183. The van der Waals surface area contributed by atoms with Crippen molar-refractivity contribution in [2.75, 3.05) is 31.1 Å². The molecule has 0 N–H and O–H groups in total. The van der Waals surface area contributed by atoms with E-state index in [1.165, 1.54) is 0 Å². The molecular formula is C21H19ClN4O. The van der Waals surface area contributed by atoms with E-state index in [1.807, 2.05) is 41.3 Å². The summed E-state index contributed by atoms with van der Waals surface area (Å²) < 4.78 is 0. The molecule has 2 heterocycles. The van der Waals surface area contributed by atoms with Crippen LogP contribution in [0.15, 0.2) is 67.0 Å². The third-order valence-corrected chi connectivity index (χ3v) is 4.92. The van der Waals surface area contributed by atoms with Crippen molar-refractivity contribution in [2.24, 2.45) is 0 Å². The number of amides is 1. The molecule has 1 aliphatic heterocycles. The van der Waals surface area contributed by atoms with Gasteiger partial charge in [-0.25, -0.2) is 9.97 Å². The van der Waals surface area contributed by atoms with Gasteiger partial charge in [-0.15, -0.1) is 0 Å². The fourth-order valence-corrected chi connectivity index (χ4v) is 3.42. The Balaban J connectivity index is 1.44. The van der Waals surface area contributed by atoms with Crippen molar-refractivity contribution in [1.82, 2.24) is 14.9 Å². The molecule has 0 aliphatic carbocycles. The quantitative estimate of drug-likeness (QED) is 0.696. The standard InChI is InChI=1S/C21H19ClN4O/c22-18-8-4-7-17(13-18)21(27)26-11-9-25(10-12-26)20-14-19(23-15-24-20)16-5-2-1-3-6-16/h1-8,13-15H,9-12H2. The average molecular weight is 379 g/mol. The van der Waals surface area contributed by atoms with Crippen LogP contribution in [0.5, 0.6) is 0 Å². The van der Waals surface area contributed by atoms with Gasteiger partial charge in [0.15, 0.2) is 0 Å². The molecule has 1 amide bonds. The highest BCUT2D eigenvalue weighted by Gasteiger charge is 2.23. The number of aromatic nitrogens is 2. The van der Waals surface area contributed by atoms with Crippen LogP contribution in [0, 0.1) is 0 Å². The van der Waals surface area contributed by atoms with Crippen LogP contribution in [-0.4, -0.2) is 47.0 Å². The van der Waals surface area contributed by atoms with E-state index >= 15 is 0 Å². The summed E-state index contributed by atoms with van der Waals surface area (Å²) in [5, 5.41) is 0.578. The van der Waals surface area contributed by atoms with E-state index in [0.717, 1.165) is 30.2 Å². The molecular weight excluding hydrogens is 360 g/mol. The number of carbonyl (C=O) groups excluding carboxylic acids is 1. The van der Waals surface area contributed by atoms with Crippen LogP contribution in [0.3, 0.4) is 0 Å². The molecule has 136 valence electrons. The highest BCUT2D eigenvalue weighted by Crippen LogP contribution is 2.22. The second-order valence-electron chi connectivity index (χ2n) is 6.42. The molecule has 1 aliphatic rings. The van der Waals surface area contributed by atoms with Crippen LogP contribution in [0.4, 0.5) is 5.82 Å². The minimum Gasteiger partial charge on any atom is -0.353 e. The van der Waals surface area contributed by atoms with Gasteiger partial charge in [0.25, 0.3) is 5.91 Å². The lowest BCUT2D eigenvalue weighted by Gasteiger charge is -2.35. The van der Waals surface area contributed by atoms with E-state index < -0.39 is 0 Å². The number of nitrogens with zero attached hydrogens (tertiary/aromatic N) is 4. The highest BCUT2D eigenvalue weighted by molar-refractivity contribution is 6.30. The Hall–Kier alpha value is -2.92. The molecule has 2 aromatic carbocycles. The number of carbonyl (C=O) groups is 1. The zero-order chi connectivity index (χ0) is 18.6. The van der Waals surface area contributed by atoms with Gasteiger partial charge >= 0.3 is 0 Å². The van der Waals surface area contributed by atoms with Crippen LogP contribution in [-0.2, 0) is 0 Å². The molecule has 0 bridgehead atoms. The van der Waals surface area contributed by atoms with Crippen molar-refractivity contribution in [3.63, 3.8) is 0 Å². The third-order valence-electron chi connectivity index (χ3n) is 4.68. The topological polar surface area (TPSA) is 49.3 Å². The molecule has 0 spiro atoms. The normalized spacial score (nSPS) is 14.3. The first-order valence-corrected chi connectivity index (χ1v) is 9.26. The zero-order valence-electron chi connectivity index (χ0n) is 14.8. The number of benzene rings is 2. The van der Waals surface area contributed by atoms with Crippen molar-refractivity contribution < 1.29 is 4.79 Å². The second-order valence-corrected chi connectivity index (χ2v) is 6.85. The maximum atomic E-state index is 12.7. The molecule has 1 aromatic heterocycles. The molecule has 4 rings (SSSR count).